The number of nitro benzene ring substituents is 1. The maximum Gasteiger partial charge on any atom is 0.292 e. The van der Waals surface area contributed by atoms with Crippen LogP contribution in [0.25, 0.3) is 16.6 Å². The summed E-state index contributed by atoms with van der Waals surface area (Å²) in [6.45, 7) is 8.17. The number of nitrogens with zero attached hydrogens (tertiary/aromatic N) is 4. The van der Waals surface area contributed by atoms with E-state index < -0.39 is 26.6 Å². The molecule has 0 atom stereocenters. The highest BCUT2D eigenvalue weighted by molar-refractivity contribution is 7.89. The molecule has 2 saturated heterocycles. The Bertz CT molecular complexity index is 2680. The number of piperazine rings is 1. The topological polar surface area (TPSA) is 189 Å². The molecule has 5 aromatic rings. The van der Waals surface area contributed by atoms with Gasteiger partial charge in [-0.2, -0.15) is 0 Å². The summed E-state index contributed by atoms with van der Waals surface area (Å²) in [5, 5.41) is 16.6. The van der Waals surface area contributed by atoms with Crippen LogP contribution in [-0.4, -0.2) is 86.0 Å². The molecule has 8 rings (SSSR count). The summed E-state index contributed by atoms with van der Waals surface area (Å²) in [5.41, 5.74) is 5.05. The number of aromatic nitrogens is 2. The number of ether oxygens (including phenoxy) is 2. The fraction of sp³-hybridized carbons (Fsp3) is 0.370. The second-order valence-corrected chi connectivity index (χ2v) is 19.4. The predicted octanol–water partition coefficient (Wildman–Crippen LogP) is 8.33. The number of benzene rings is 3. The molecule has 330 valence electrons. The van der Waals surface area contributed by atoms with Crippen molar-refractivity contribution >= 4 is 67.1 Å². The van der Waals surface area contributed by atoms with Gasteiger partial charge in [0.2, 0.25) is 15.9 Å². The van der Waals surface area contributed by atoms with Crippen LogP contribution in [0.1, 0.15) is 67.4 Å². The van der Waals surface area contributed by atoms with Crippen molar-refractivity contribution < 1.29 is 32.4 Å². The molecule has 3 aliphatic rings. The van der Waals surface area contributed by atoms with Crippen LogP contribution in [0.5, 0.6) is 11.5 Å². The second kappa shape index (κ2) is 18.5. The summed E-state index contributed by atoms with van der Waals surface area (Å²) in [7, 11) is -4.37. The molecule has 0 bridgehead atoms. The molecular weight excluding hydrogens is 846 g/mol. The van der Waals surface area contributed by atoms with Gasteiger partial charge in [0, 0.05) is 73.8 Å². The number of halogens is 1. The number of fused-ring (bicyclic) bond motifs is 1. The van der Waals surface area contributed by atoms with Crippen LogP contribution < -0.4 is 19.7 Å². The Hall–Kier alpha value is -5.81. The maximum atomic E-state index is 13.9. The molecule has 15 nitrogen and oxygen atoms in total. The highest BCUT2D eigenvalue weighted by Crippen LogP contribution is 2.43. The Balaban J connectivity index is 0.996. The van der Waals surface area contributed by atoms with E-state index in [0.29, 0.717) is 61.7 Å². The van der Waals surface area contributed by atoms with E-state index in [2.05, 4.69) is 50.9 Å². The van der Waals surface area contributed by atoms with Crippen molar-refractivity contribution in [1.29, 1.82) is 0 Å². The van der Waals surface area contributed by atoms with Crippen LogP contribution in [0, 0.1) is 21.4 Å². The van der Waals surface area contributed by atoms with E-state index in [-0.39, 0.29) is 51.9 Å². The van der Waals surface area contributed by atoms with Crippen LogP contribution in [-0.2, 0) is 25.3 Å². The highest BCUT2D eigenvalue weighted by atomic mass is 35.5. The van der Waals surface area contributed by atoms with Crippen molar-refractivity contribution in [3.63, 3.8) is 0 Å². The third kappa shape index (κ3) is 10.7. The van der Waals surface area contributed by atoms with Gasteiger partial charge in [0.15, 0.2) is 0 Å². The van der Waals surface area contributed by atoms with E-state index in [4.69, 9.17) is 21.1 Å². The number of nitro groups is 1. The zero-order chi connectivity index (χ0) is 44.3. The van der Waals surface area contributed by atoms with Gasteiger partial charge in [-0.05, 0) is 103 Å². The molecule has 2 aliphatic heterocycles. The summed E-state index contributed by atoms with van der Waals surface area (Å²) in [6, 6.07) is 20.2. The van der Waals surface area contributed by atoms with Crippen molar-refractivity contribution in [2.45, 2.75) is 51.7 Å². The van der Waals surface area contributed by atoms with Crippen molar-refractivity contribution in [1.82, 2.24) is 19.6 Å². The zero-order valence-corrected chi connectivity index (χ0v) is 36.8. The van der Waals surface area contributed by atoms with Crippen LogP contribution in [0.2, 0.25) is 5.02 Å². The average molecular weight is 896 g/mol. The van der Waals surface area contributed by atoms with Crippen molar-refractivity contribution in [2.75, 3.05) is 56.2 Å². The van der Waals surface area contributed by atoms with Crippen molar-refractivity contribution in [3.05, 3.63) is 123 Å². The number of amides is 2. The summed E-state index contributed by atoms with van der Waals surface area (Å²) in [6.07, 6.45) is 7.80. The van der Waals surface area contributed by atoms with Gasteiger partial charge in [-0.25, -0.2) is 18.1 Å². The number of hydrogen-bond donors (Lipinski definition) is 3. The van der Waals surface area contributed by atoms with E-state index >= 15 is 0 Å². The summed E-state index contributed by atoms with van der Waals surface area (Å²) in [4.78, 5) is 50.4. The number of carbonyl (C=O) groups is 2. The number of allylic oxidation sites excluding steroid dienone is 1. The molecular formula is C46H50ClN7O8S. The Morgan fingerprint density at radius 1 is 1.06 bits per heavy atom. The first-order valence-electron chi connectivity index (χ1n) is 21.1. The molecule has 1 aliphatic carbocycles. The average Bonchev–Trinajstić information content (AvgIpc) is 3.72. The first kappa shape index (κ1) is 43.8. The largest absolute Gasteiger partial charge is 0.455 e. The molecule has 3 N–H and O–H groups in total. The monoisotopic (exact) mass is 895 g/mol. The van der Waals surface area contributed by atoms with Gasteiger partial charge in [0.1, 0.15) is 22.8 Å². The number of hydrogen-bond acceptors (Lipinski definition) is 11. The predicted molar refractivity (Wildman–Crippen MR) is 243 cm³/mol. The van der Waals surface area contributed by atoms with Gasteiger partial charge in [-0.3, -0.25) is 24.6 Å². The van der Waals surface area contributed by atoms with Gasteiger partial charge in [0.05, 0.1) is 29.0 Å². The Morgan fingerprint density at radius 3 is 2.62 bits per heavy atom. The molecule has 17 heteroatoms. The number of nitrogens with one attached hydrogen (secondary N) is 3. The third-order valence-electron chi connectivity index (χ3n) is 12.0. The fourth-order valence-corrected chi connectivity index (χ4v) is 9.75. The van der Waals surface area contributed by atoms with Gasteiger partial charge in [0.25, 0.3) is 11.6 Å². The molecule has 0 saturated carbocycles. The number of pyridine rings is 1. The van der Waals surface area contributed by atoms with E-state index in [0.717, 1.165) is 43.1 Å². The van der Waals surface area contributed by atoms with Gasteiger partial charge >= 0.3 is 0 Å². The number of anilines is 2. The lowest BCUT2D eigenvalue weighted by atomic mass is 9.72. The Labute approximate surface area is 371 Å². The molecule has 0 radical (unpaired) electrons. The number of rotatable bonds is 14. The van der Waals surface area contributed by atoms with Crippen LogP contribution in [0.3, 0.4) is 0 Å². The Kier molecular flexibility index (Phi) is 12.9. The van der Waals surface area contributed by atoms with E-state index in [1.54, 1.807) is 29.3 Å². The van der Waals surface area contributed by atoms with Gasteiger partial charge in [-0.15, -0.1) is 0 Å². The lowest BCUT2D eigenvalue weighted by Crippen LogP contribution is -2.51. The summed E-state index contributed by atoms with van der Waals surface area (Å²) >= 11 is 6.22. The molecule has 2 aromatic heterocycles. The zero-order valence-electron chi connectivity index (χ0n) is 35.2. The summed E-state index contributed by atoms with van der Waals surface area (Å²) < 4.78 is 40.8. The second-order valence-electron chi connectivity index (χ2n) is 17.3. The standard InChI is InChI=1S/C46H50ClN7O8S/c1-46(2)15-11-34(39(24-46)32-4-6-35(47)7-5-32)27-52-17-18-53(43(55)28-52)36-8-9-38(42(23-36)62-37-22-33-12-16-48-44(33)50-26-37)45(56)51-63(59,60)29-31-3-10-40(41(21-31)54(57)58)49-25-30-13-19-61-20-14-30/h3-10,12,16,21-23,26,30,49H,11,13-15,17-20,24-25,27-29H2,1-2H3,(H,48,50)(H,51,56). The molecule has 2 fully saturated rings. The molecule has 63 heavy (non-hydrogen) atoms. The number of sulfonamides is 1. The van der Waals surface area contributed by atoms with Crippen LogP contribution >= 0.6 is 11.6 Å². The number of carbonyl (C=O) groups excluding carboxylic acids is 2. The number of H-pyrrole nitrogens is 1. The highest BCUT2D eigenvalue weighted by Gasteiger charge is 2.32. The molecule has 0 unspecified atom stereocenters. The lowest BCUT2D eigenvalue weighted by molar-refractivity contribution is -0.384. The van der Waals surface area contributed by atoms with Crippen LogP contribution in [0.15, 0.2) is 90.8 Å². The van der Waals surface area contributed by atoms with E-state index in [9.17, 15) is 28.1 Å². The molecule has 4 heterocycles. The SMILES string of the molecule is CC1(C)CCC(CN2CCN(c3ccc(C(=O)NS(=O)(=O)Cc4ccc(NCC5CCOCC5)c([N+](=O)[O-])c4)c(Oc4cnc5[nH]ccc5c4)c3)C(=O)C2)=C(c2ccc(Cl)cc2)C1. The van der Waals surface area contributed by atoms with E-state index in [1.165, 1.54) is 41.6 Å². The van der Waals surface area contributed by atoms with Gasteiger partial charge in [-0.1, -0.05) is 49.2 Å². The van der Waals surface area contributed by atoms with Crippen molar-refractivity contribution in [3.8, 4) is 11.5 Å². The smallest absolute Gasteiger partial charge is 0.292 e. The first-order valence-corrected chi connectivity index (χ1v) is 23.1. The minimum atomic E-state index is -4.37. The van der Waals surface area contributed by atoms with E-state index in [1.807, 2.05) is 18.2 Å². The molecule has 2 amide bonds. The molecule has 3 aromatic carbocycles. The lowest BCUT2D eigenvalue weighted by Gasteiger charge is -2.38. The first-order chi connectivity index (χ1) is 30.2. The van der Waals surface area contributed by atoms with Gasteiger partial charge < -0.3 is 24.7 Å². The maximum absolute atomic E-state index is 13.9. The summed E-state index contributed by atoms with van der Waals surface area (Å²) in [5.74, 6) is -1.22. The number of aromatic amines is 1. The normalized spacial score (nSPS) is 17.5. The van der Waals surface area contributed by atoms with Crippen molar-refractivity contribution in [2.24, 2.45) is 11.3 Å². The van der Waals surface area contributed by atoms with Crippen LogP contribution in [0.4, 0.5) is 17.1 Å². The minimum Gasteiger partial charge on any atom is -0.455 e. The minimum absolute atomic E-state index is 0.00490. The molecule has 0 spiro atoms. The third-order valence-corrected chi connectivity index (χ3v) is 13.5. The quantitative estimate of drug-likeness (QED) is 0.0718. The Morgan fingerprint density at radius 2 is 1.86 bits per heavy atom. The fourth-order valence-electron chi connectivity index (χ4n) is 8.54.